The molecular formula is C23H20N2. The number of aryl methyl sites for hydroxylation is 2. The maximum atomic E-state index is 4.67. The smallest absolute Gasteiger partial charge is 0.0743 e. The van der Waals surface area contributed by atoms with Crippen molar-refractivity contribution in [2.45, 2.75) is 13.8 Å². The van der Waals surface area contributed by atoms with E-state index in [-0.39, 0.29) is 0 Å². The third-order valence-electron chi connectivity index (χ3n) is 4.36. The van der Waals surface area contributed by atoms with Gasteiger partial charge in [-0.2, -0.15) is 5.10 Å². The van der Waals surface area contributed by atoms with E-state index in [9.17, 15) is 0 Å². The second-order valence-corrected chi connectivity index (χ2v) is 6.37. The summed E-state index contributed by atoms with van der Waals surface area (Å²) in [6.45, 7) is 4.16. The Morgan fingerprint density at radius 1 is 0.640 bits per heavy atom. The molecule has 2 heteroatoms. The van der Waals surface area contributed by atoms with Crippen LogP contribution in [-0.2, 0) is 0 Å². The van der Waals surface area contributed by atoms with E-state index >= 15 is 0 Å². The first-order valence-electron chi connectivity index (χ1n) is 8.50. The van der Waals surface area contributed by atoms with Gasteiger partial charge < -0.3 is 0 Å². The van der Waals surface area contributed by atoms with Crippen LogP contribution in [0.5, 0.6) is 0 Å². The van der Waals surface area contributed by atoms with Gasteiger partial charge in [0.25, 0.3) is 0 Å². The summed E-state index contributed by atoms with van der Waals surface area (Å²) >= 11 is 0. The van der Waals surface area contributed by atoms with Crippen molar-refractivity contribution in [3.8, 4) is 28.1 Å². The van der Waals surface area contributed by atoms with Crippen LogP contribution in [0.4, 0.5) is 0 Å². The Morgan fingerprint density at radius 2 is 1.36 bits per heavy atom. The zero-order chi connectivity index (χ0) is 17.2. The minimum Gasteiger partial charge on any atom is -0.233 e. The molecular weight excluding hydrogens is 304 g/mol. The Hall–Kier alpha value is -3.13. The van der Waals surface area contributed by atoms with E-state index in [4.69, 9.17) is 0 Å². The van der Waals surface area contributed by atoms with Crippen molar-refractivity contribution in [2.75, 3.05) is 0 Å². The van der Waals surface area contributed by atoms with Crippen molar-refractivity contribution in [2.24, 2.45) is 0 Å². The van der Waals surface area contributed by atoms with E-state index in [0.29, 0.717) is 0 Å². The monoisotopic (exact) mass is 324 g/mol. The third-order valence-corrected chi connectivity index (χ3v) is 4.36. The Labute approximate surface area is 148 Å². The van der Waals surface area contributed by atoms with E-state index in [2.05, 4.69) is 78.8 Å². The highest BCUT2D eigenvalue weighted by molar-refractivity contribution is 5.70. The summed E-state index contributed by atoms with van der Waals surface area (Å²) in [5.74, 6) is 0. The molecule has 25 heavy (non-hydrogen) atoms. The number of rotatable bonds is 3. The quantitative estimate of drug-likeness (QED) is 0.464. The molecule has 0 amide bonds. The first-order valence-corrected chi connectivity index (χ1v) is 8.50. The highest BCUT2D eigenvalue weighted by atomic mass is 15.3. The fourth-order valence-corrected chi connectivity index (χ4v) is 3.13. The minimum absolute atomic E-state index is 1.02. The predicted octanol–water partition coefficient (Wildman–Crippen LogP) is 5.82. The van der Waals surface area contributed by atoms with Crippen molar-refractivity contribution in [1.82, 2.24) is 9.78 Å². The Morgan fingerprint density at radius 3 is 2.08 bits per heavy atom. The van der Waals surface area contributed by atoms with Crippen LogP contribution in [-0.4, -0.2) is 9.78 Å². The lowest BCUT2D eigenvalue weighted by atomic mass is 10.0. The fraction of sp³-hybridized carbons (Fsp3) is 0.0870. The Bertz CT molecular complexity index is 996. The number of hydrogen-bond donors (Lipinski definition) is 0. The van der Waals surface area contributed by atoms with Crippen molar-refractivity contribution in [3.05, 3.63) is 96.2 Å². The number of para-hydroxylation sites is 1. The maximum absolute atomic E-state index is 4.67. The van der Waals surface area contributed by atoms with Crippen molar-refractivity contribution >= 4 is 0 Å². The summed E-state index contributed by atoms with van der Waals surface area (Å²) in [6, 6.07) is 29.7. The maximum Gasteiger partial charge on any atom is 0.0743 e. The van der Waals surface area contributed by atoms with Gasteiger partial charge in [-0.1, -0.05) is 72.3 Å². The number of nitrogens with zero attached hydrogens (tertiary/aromatic N) is 2. The summed E-state index contributed by atoms with van der Waals surface area (Å²) in [5.41, 5.74) is 8.13. The van der Waals surface area contributed by atoms with Gasteiger partial charge in [-0.05, 0) is 43.2 Å². The molecule has 0 unspecified atom stereocenters. The van der Waals surface area contributed by atoms with Gasteiger partial charge in [0, 0.05) is 5.56 Å². The first kappa shape index (κ1) is 15.4. The highest BCUT2D eigenvalue weighted by Gasteiger charge is 2.10. The summed E-state index contributed by atoms with van der Waals surface area (Å²) in [7, 11) is 0. The number of hydrogen-bond acceptors (Lipinski definition) is 1. The van der Waals surface area contributed by atoms with Gasteiger partial charge >= 0.3 is 0 Å². The molecule has 2 nitrogen and oxygen atoms in total. The van der Waals surface area contributed by atoms with Crippen LogP contribution < -0.4 is 0 Å². The summed E-state index contributed by atoms with van der Waals surface area (Å²) in [5, 5.41) is 4.67. The summed E-state index contributed by atoms with van der Waals surface area (Å²) in [6.07, 6.45) is 0. The molecule has 0 saturated carbocycles. The molecule has 4 aromatic rings. The molecule has 0 aliphatic heterocycles. The first-order chi connectivity index (χ1) is 12.2. The van der Waals surface area contributed by atoms with Gasteiger partial charge in [-0.15, -0.1) is 0 Å². The van der Waals surface area contributed by atoms with Crippen LogP contribution in [0.3, 0.4) is 0 Å². The molecule has 0 spiro atoms. The molecule has 0 aliphatic carbocycles. The Balaban J connectivity index is 1.74. The zero-order valence-electron chi connectivity index (χ0n) is 14.5. The molecule has 1 heterocycles. The molecule has 1 aromatic heterocycles. The van der Waals surface area contributed by atoms with Gasteiger partial charge in [-0.3, -0.25) is 0 Å². The predicted molar refractivity (Wildman–Crippen MR) is 104 cm³/mol. The molecule has 0 aliphatic rings. The van der Waals surface area contributed by atoms with Crippen LogP contribution in [0.2, 0.25) is 0 Å². The van der Waals surface area contributed by atoms with E-state index in [1.807, 2.05) is 29.8 Å². The average molecular weight is 324 g/mol. The molecule has 4 rings (SSSR count). The van der Waals surface area contributed by atoms with E-state index in [1.54, 1.807) is 0 Å². The van der Waals surface area contributed by atoms with Crippen LogP contribution in [0.15, 0.2) is 84.9 Å². The highest BCUT2D eigenvalue weighted by Crippen LogP contribution is 2.27. The molecule has 0 radical (unpaired) electrons. The zero-order valence-corrected chi connectivity index (χ0v) is 14.5. The largest absolute Gasteiger partial charge is 0.233 e. The van der Waals surface area contributed by atoms with E-state index in [1.165, 1.54) is 22.3 Å². The topological polar surface area (TPSA) is 17.8 Å². The third kappa shape index (κ3) is 3.11. The molecule has 0 atom stereocenters. The van der Waals surface area contributed by atoms with Crippen LogP contribution in [0, 0.1) is 13.8 Å². The van der Waals surface area contributed by atoms with E-state index < -0.39 is 0 Å². The van der Waals surface area contributed by atoms with Gasteiger partial charge in [0.2, 0.25) is 0 Å². The van der Waals surface area contributed by atoms with Crippen LogP contribution >= 0.6 is 0 Å². The van der Waals surface area contributed by atoms with Gasteiger partial charge in [-0.25, -0.2) is 4.68 Å². The second kappa shape index (κ2) is 6.40. The molecule has 0 bridgehead atoms. The van der Waals surface area contributed by atoms with Crippen LogP contribution in [0.25, 0.3) is 28.1 Å². The molecule has 122 valence electrons. The van der Waals surface area contributed by atoms with Crippen molar-refractivity contribution in [3.63, 3.8) is 0 Å². The fourth-order valence-electron chi connectivity index (χ4n) is 3.13. The van der Waals surface area contributed by atoms with Gasteiger partial charge in [0.05, 0.1) is 17.1 Å². The van der Waals surface area contributed by atoms with E-state index in [0.717, 1.165) is 17.1 Å². The average Bonchev–Trinajstić information content (AvgIpc) is 3.04. The Kier molecular flexibility index (Phi) is 3.95. The summed E-state index contributed by atoms with van der Waals surface area (Å²) < 4.78 is 2.01. The number of benzene rings is 3. The van der Waals surface area contributed by atoms with Crippen molar-refractivity contribution in [1.29, 1.82) is 0 Å². The molecule has 0 N–H and O–H groups in total. The van der Waals surface area contributed by atoms with Crippen LogP contribution in [0.1, 0.15) is 11.3 Å². The molecule has 0 fully saturated rings. The lowest BCUT2D eigenvalue weighted by Crippen LogP contribution is -1.98. The summed E-state index contributed by atoms with van der Waals surface area (Å²) in [4.78, 5) is 0. The lowest BCUT2D eigenvalue weighted by Gasteiger charge is -2.09. The minimum atomic E-state index is 1.02. The lowest BCUT2D eigenvalue weighted by molar-refractivity contribution is 0.869. The number of aromatic nitrogens is 2. The normalized spacial score (nSPS) is 10.8. The molecule has 0 saturated heterocycles. The second-order valence-electron chi connectivity index (χ2n) is 6.37. The van der Waals surface area contributed by atoms with Gasteiger partial charge in [0.1, 0.15) is 0 Å². The standard InChI is InChI=1S/C23H20N2/c1-17-7-6-8-21(15-17)19-11-13-20(14-12-19)23-16-18(2)24-25(23)22-9-4-3-5-10-22/h3-16H,1-2H3. The molecule has 3 aromatic carbocycles. The van der Waals surface area contributed by atoms with Gasteiger partial charge in [0.15, 0.2) is 0 Å². The van der Waals surface area contributed by atoms with Crippen molar-refractivity contribution < 1.29 is 0 Å². The SMILES string of the molecule is Cc1cccc(-c2ccc(-c3cc(C)nn3-c3ccccc3)cc2)c1.